The number of sulfone groups is 1. The van der Waals surface area contributed by atoms with Crippen molar-refractivity contribution in [2.24, 2.45) is 5.92 Å². The Balaban J connectivity index is 1.91. The van der Waals surface area contributed by atoms with E-state index in [1.165, 1.54) is 0 Å². The minimum absolute atomic E-state index is 0.0308. The van der Waals surface area contributed by atoms with Crippen LogP contribution in [0.5, 0.6) is 0 Å². The number of urea groups is 1. The molecule has 5 nitrogen and oxygen atoms in total. The van der Waals surface area contributed by atoms with E-state index in [1.807, 2.05) is 32.0 Å². The fourth-order valence-corrected chi connectivity index (χ4v) is 4.49. The largest absolute Gasteiger partial charge is 0.338 e. The molecule has 1 atom stereocenters. The van der Waals surface area contributed by atoms with Gasteiger partial charge in [-0.1, -0.05) is 25.1 Å². The summed E-state index contributed by atoms with van der Waals surface area (Å²) in [7, 11) is -2.89. The highest BCUT2D eigenvalue weighted by atomic mass is 32.2. The molecule has 1 aromatic rings. The van der Waals surface area contributed by atoms with Gasteiger partial charge < -0.3 is 10.6 Å². The molecule has 1 heterocycles. The molecule has 0 radical (unpaired) electrons. The average Bonchev–Trinajstić information content (AvgIpc) is 2.78. The Labute approximate surface area is 126 Å². The second kappa shape index (κ2) is 6.47. The molecule has 21 heavy (non-hydrogen) atoms. The number of hydrogen-bond acceptors (Lipinski definition) is 3. The third-order valence-corrected chi connectivity index (χ3v) is 5.69. The molecule has 2 amide bonds. The van der Waals surface area contributed by atoms with E-state index in [2.05, 4.69) is 10.6 Å². The van der Waals surface area contributed by atoms with Gasteiger partial charge >= 0.3 is 6.03 Å². The first-order valence-corrected chi connectivity index (χ1v) is 9.07. The van der Waals surface area contributed by atoms with E-state index in [0.717, 1.165) is 23.2 Å². The van der Waals surface area contributed by atoms with Crippen molar-refractivity contribution in [2.75, 3.05) is 23.4 Å². The third kappa shape index (κ3) is 4.20. The maximum Gasteiger partial charge on any atom is 0.319 e. The van der Waals surface area contributed by atoms with Gasteiger partial charge in [0.05, 0.1) is 11.5 Å². The van der Waals surface area contributed by atoms with Gasteiger partial charge in [-0.25, -0.2) is 13.2 Å². The quantitative estimate of drug-likeness (QED) is 0.894. The molecule has 2 N–H and O–H groups in total. The SMILES string of the molecule is CCc1cccc(C)c1NC(=O)NCC1CCS(=O)(=O)C1. The van der Waals surface area contributed by atoms with Crippen molar-refractivity contribution < 1.29 is 13.2 Å². The minimum atomic E-state index is -2.89. The Morgan fingerprint density at radius 2 is 2.14 bits per heavy atom. The van der Waals surface area contributed by atoms with Crippen molar-refractivity contribution in [1.82, 2.24) is 5.32 Å². The van der Waals surface area contributed by atoms with Gasteiger partial charge in [-0.3, -0.25) is 0 Å². The zero-order valence-electron chi connectivity index (χ0n) is 12.5. The summed E-state index contributed by atoms with van der Waals surface area (Å²) in [6, 6.07) is 5.65. The predicted octanol–water partition coefficient (Wildman–Crippen LogP) is 2.11. The van der Waals surface area contributed by atoms with Gasteiger partial charge in [0.15, 0.2) is 9.84 Å². The topological polar surface area (TPSA) is 75.3 Å². The van der Waals surface area contributed by atoms with Crippen LogP contribution in [0.1, 0.15) is 24.5 Å². The van der Waals surface area contributed by atoms with Crippen molar-refractivity contribution in [2.45, 2.75) is 26.7 Å². The standard InChI is InChI=1S/C15H22N2O3S/c1-3-13-6-4-5-11(2)14(13)17-15(18)16-9-12-7-8-21(19,20)10-12/h4-6,12H,3,7-10H2,1-2H3,(H2,16,17,18). The molecule has 1 saturated heterocycles. The summed E-state index contributed by atoms with van der Waals surface area (Å²) in [6.45, 7) is 4.40. The Morgan fingerprint density at radius 1 is 1.38 bits per heavy atom. The van der Waals surface area contributed by atoms with Crippen molar-refractivity contribution >= 4 is 21.6 Å². The van der Waals surface area contributed by atoms with Crippen molar-refractivity contribution in [1.29, 1.82) is 0 Å². The van der Waals surface area contributed by atoms with Crippen LogP contribution in [0.25, 0.3) is 0 Å². The second-order valence-corrected chi connectivity index (χ2v) is 7.80. The zero-order chi connectivity index (χ0) is 15.5. The second-order valence-electron chi connectivity index (χ2n) is 5.57. The smallest absolute Gasteiger partial charge is 0.319 e. The molecule has 0 saturated carbocycles. The lowest BCUT2D eigenvalue weighted by molar-refractivity contribution is 0.250. The Morgan fingerprint density at radius 3 is 2.76 bits per heavy atom. The molecule has 1 unspecified atom stereocenters. The van der Waals surface area contributed by atoms with Gasteiger partial charge in [-0.05, 0) is 36.8 Å². The summed E-state index contributed by atoms with van der Waals surface area (Å²) < 4.78 is 22.8. The summed E-state index contributed by atoms with van der Waals surface area (Å²) in [5, 5.41) is 5.65. The molecule has 0 spiro atoms. The minimum Gasteiger partial charge on any atom is -0.338 e. The molecule has 0 bridgehead atoms. The lowest BCUT2D eigenvalue weighted by Gasteiger charge is -2.15. The van der Waals surface area contributed by atoms with E-state index < -0.39 is 9.84 Å². The number of anilines is 1. The van der Waals surface area contributed by atoms with Crippen LogP contribution in [0.4, 0.5) is 10.5 Å². The Kier molecular flexibility index (Phi) is 4.88. The number of rotatable bonds is 4. The number of benzene rings is 1. The van der Waals surface area contributed by atoms with Crippen LogP contribution in [0.3, 0.4) is 0 Å². The summed E-state index contributed by atoms with van der Waals surface area (Å²) >= 11 is 0. The van der Waals surface area contributed by atoms with Gasteiger partial charge in [-0.2, -0.15) is 0 Å². The normalized spacial score (nSPS) is 20.2. The lowest BCUT2D eigenvalue weighted by Crippen LogP contribution is -2.33. The highest BCUT2D eigenvalue weighted by Gasteiger charge is 2.27. The van der Waals surface area contributed by atoms with Gasteiger partial charge in [-0.15, -0.1) is 0 Å². The average molecular weight is 310 g/mol. The van der Waals surface area contributed by atoms with E-state index in [-0.39, 0.29) is 23.5 Å². The van der Waals surface area contributed by atoms with E-state index in [4.69, 9.17) is 0 Å². The maximum absolute atomic E-state index is 12.0. The fourth-order valence-electron chi connectivity index (χ4n) is 2.63. The third-order valence-electron chi connectivity index (χ3n) is 3.86. The monoisotopic (exact) mass is 310 g/mol. The number of aryl methyl sites for hydroxylation is 2. The summed E-state index contributed by atoms with van der Waals surface area (Å²) in [5.41, 5.74) is 2.96. The van der Waals surface area contributed by atoms with Gasteiger partial charge in [0, 0.05) is 12.2 Å². The van der Waals surface area contributed by atoms with Crippen molar-refractivity contribution in [3.8, 4) is 0 Å². The first-order valence-electron chi connectivity index (χ1n) is 7.25. The van der Waals surface area contributed by atoms with Gasteiger partial charge in [0.25, 0.3) is 0 Å². The van der Waals surface area contributed by atoms with Crippen LogP contribution in [0.15, 0.2) is 18.2 Å². The fraction of sp³-hybridized carbons (Fsp3) is 0.533. The first-order chi connectivity index (χ1) is 9.91. The van der Waals surface area contributed by atoms with E-state index in [9.17, 15) is 13.2 Å². The van der Waals surface area contributed by atoms with Crippen LogP contribution in [0.2, 0.25) is 0 Å². The molecule has 1 fully saturated rings. The summed E-state index contributed by atoms with van der Waals surface area (Å²) in [4.78, 5) is 12.0. The molecular formula is C15H22N2O3S. The molecule has 1 aliphatic rings. The van der Waals surface area contributed by atoms with E-state index in [1.54, 1.807) is 0 Å². The van der Waals surface area contributed by atoms with E-state index >= 15 is 0 Å². The van der Waals surface area contributed by atoms with Gasteiger partial charge in [0.1, 0.15) is 0 Å². The van der Waals surface area contributed by atoms with Gasteiger partial charge in [0.2, 0.25) is 0 Å². The van der Waals surface area contributed by atoms with Crippen molar-refractivity contribution in [3.63, 3.8) is 0 Å². The number of hydrogen-bond donors (Lipinski definition) is 2. The number of para-hydroxylation sites is 1. The molecular weight excluding hydrogens is 288 g/mol. The molecule has 0 aliphatic carbocycles. The summed E-state index contributed by atoms with van der Waals surface area (Å²) in [5.74, 6) is 0.444. The van der Waals surface area contributed by atoms with E-state index in [0.29, 0.717) is 13.0 Å². The van der Waals surface area contributed by atoms with Crippen molar-refractivity contribution in [3.05, 3.63) is 29.3 Å². The molecule has 2 rings (SSSR count). The van der Waals surface area contributed by atoms with Crippen LogP contribution >= 0.6 is 0 Å². The number of amides is 2. The van der Waals surface area contributed by atoms with Crippen LogP contribution in [-0.2, 0) is 16.3 Å². The highest BCUT2D eigenvalue weighted by molar-refractivity contribution is 7.91. The number of carbonyl (C=O) groups excluding carboxylic acids is 1. The Hall–Kier alpha value is -1.56. The molecule has 6 heteroatoms. The lowest BCUT2D eigenvalue weighted by atomic mass is 10.1. The Bertz CT molecular complexity index is 626. The molecule has 1 aliphatic heterocycles. The zero-order valence-corrected chi connectivity index (χ0v) is 13.3. The van der Waals surface area contributed by atoms with Crippen LogP contribution in [-0.4, -0.2) is 32.5 Å². The molecule has 116 valence electrons. The van der Waals surface area contributed by atoms with Crippen LogP contribution < -0.4 is 10.6 Å². The highest BCUT2D eigenvalue weighted by Crippen LogP contribution is 2.21. The summed E-state index contributed by atoms with van der Waals surface area (Å²) in [6.07, 6.45) is 1.48. The van der Waals surface area contributed by atoms with Crippen LogP contribution in [0, 0.1) is 12.8 Å². The predicted molar refractivity (Wildman–Crippen MR) is 84.3 cm³/mol. The maximum atomic E-state index is 12.0. The first kappa shape index (κ1) is 15.8. The molecule has 0 aromatic heterocycles. The number of carbonyl (C=O) groups is 1. The number of nitrogens with one attached hydrogen (secondary N) is 2. The molecule has 1 aromatic carbocycles.